The molecule has 6 heteroatoms. The van der Waals surface area contributed by atoms with Gasteiger partial charge in [-0.1, -0.05) is 28.1 Å². The highest BCUT2D eigenvalue weighted by Gasteiger charge is 2.09. The summed E-state index contributed by atoms with van der Waals surface area (Å²) in [4.78, 5) is 30.4. The van der Waals surface area contributed by atoms with Crippen molar-refractivity contribution in [1.82, 2.24) is 14.5 Å². The zero-order valence-corrected chi connectivity index (χ0v) is 14.9. The van der Waals surface area contributed by atoms with Crippen LogP contribution in [0.1, 0.15) is 15.9 Å². The maximum absolute atomic E-state index is 12.6. The van der Waals surface area contributed by atoms with Gasteiger partial charge in [0.2, 0.25) is 0 Å². The van der Waals surface area contributed by atoms with Crippen LogP contribution in [0.2, 0.25) is 0 Å². The molecule has 1 heterocycles. The summed E-state index contributed by atoms with van der Waals surface area (Å²) in [7, 11) is 3.43. The van der Waals surface area contributed by atoms with Crippen molar-refractivity contribution in [3.8, 4) is 0 Å². The lowest BCUT2D eigenvalue weighted by Crippen LogP contribution is -2.22. The molecule has 0 unspecified atom stereocenters. The SMILES string of the molecule is CN(C)C(=O)c1ccc(Cn2cnc3ccc(Br)cc3c2=O)cc1. The molecule has 0 aliphatic carbocycles. The van der Waals surface area contributed by atoms with Crippen LogP contribution in [-0.4, -0.2) is 34.5 Å². The number of nitrogens with zero attached hydrogens (tertiary/aromatic N) is 3. The molecule has 2 aromatic carbocycles. The molecule has 0 aliphatic rings. The van der Waals surface area contributed by atoms with Crippen molar-refractivity contribution in [2.45, 2.75) is 6.54 Å². The van der Waals surface area contributed by atoms with E-state index in [9.17, 15) is 9.59 Å². The molecule has 122 valence electrons. The first-order valence-electron chi connectivity index (χ1n) is 7.41. The van der Waals surface area contributed by atoms with Crippen LogP contribution in [-0.2, 0) is 6.54 Å². The lowest BCUT2D eigenvalue weighted by atomic mass is 10.1. The number of fused-ring (bicyclic) bond motifs is 1. The summed E-state index contributed by atoms with van der Waals surface area (Å²) >= 11 is 3.38. The molecule has 0 spiro atoms. The van der Waals surface area contributed by atoms with Crippen LogP contribution < -0.4 is 5.56 Å². The first-order chi connectivity index (χ1) is 11.5. The van der Waals surface area contributed by atoms with Gasteiger partial charge in [-0.3, -0.25) is 14.2 Å². The van der Waals surface area contributed by atoms with E-state index in [-0.39, 0.29) is 11.5 Å². The summed E-state index contributed by atoms with van der Waals surface area (Å²) in [6.45, 7) is 0.407. The highest BCUT2D eigenvalue weighted by Crippen LogP contribution is 2.15. The van der Waals surface area contributed by atoms with E-state index in [0.29, 0.717) is 23.0 Å². The average molecular weight is 386 g/mol. The molecule has 24 heavy (non-hydrogen) atoms. The van der Waals surface area contributed by atoms with Crippen molar-refractivity contribution >= 4 is 32.7 Å². The van der Waals surface area contributed by atoms with Crippen LogP contribution in [0.25, 0.3) is 10.9 Å². The largest absolute Gasteiger partial charge is 0.345 e. The molecule has 5 nitrogen and oxygen atoms in total. The molecule has 0 saturated heterocycles. The number of aromatic nitrogens is 2. The van der Waals surface area contributed by atoms with Crippen LogP contribution in [0.4, 0.5) is 0 Å². The minimum atomic E-state index is -0.0882. The van der Waals surface area contributed by atoms with Gasteiger partial charge in [-0.15, -0.1) is 0 Å². The summed E-state index contributed by atoms with van der Waals surface area (Å²) in [6.07, 6.45) is 1.55. The summed E-state index contributed by atoms with van der Waals surface area (Å²) in [5, 5.41) is 0.575. The van der Waals surface area contributed by atoms with Gasteiger partial charge in [0.25, 0.3) is 11.5 Å². The van der Waals surface area contributed by atoms with E-state index in [1.165, 1.54) is 4.90 Å². The van der Waals surface area contributed by atoms with Crippen molar-refractivity contribution < 1.29 is 4.79 Å². The van der Waals surface area contributed by atoms with Crippen LogP contribution in [0.5, 0.6) is 0 Å². The minimum Gasteiger partial charge on any atom is -0.345 e. The number of rotatable bonds is 3. The number of amides is 1. The van der Waals surface area contributed by atoms with Gasteiger partial charge in [0, 0.05) is 24.1 Å². The quantitative estimate of drug-likeness (QED) is 0.696. The normalized spacial score (nSPS) is 10.8. The van der Waals surface area contributed by atoms with Gasteiger partial charge in [-0.25, -0.2) is 4.98 Å². The van der Waals surface area contributed by atoms with E-state index in [4.69, 9.17) is 0 Å². The molecule has 1 amide bonds. The number of carbonyl (C=O) groups excluding carboxylic acids is 1. The van der Waals surface area contributed by atoms with Gasteiger partial charge in [0.1, 0.15) is 0 Å². The van der Waals surface area contributed by atoms with Crippen LogP contribution >= 0.6 is 15.9 Å². The third-order valence-corrected chi connectivity index (χ3v) is 4.24. The molecule has 0 bridgehead atoms. The Morgan fingerprint density at radius 3 is 2.54 bits per heavy atom. The van der Waals surface area contributed by atoms with Crippen molar-refractivity contribution in [1.29, 1.82) is 0 Å². The molecule has 0 N–H and O–H groups in total. The van der Waals surface area contributed by atoms with Crippen molar-refractivity contribution in [3.63, 3.8) is 0 Å². The van der Waals surface area contributed by atoms with E-state index in [2.05, 4.69) is 20.9 Å². The molecule has 0 fully saturated rings. The molecular formula is C18H16BrN3O2. The second-order valence-electron chi connectivity index (χ2n) is 5.74. The zero-order chi connectivity index (χ0) is 17.3. The van der Waals surface area contributed by atoms with Gasteiger partial charge in [-0.05, 0) is 35.9 Å². The Kier molecular flexibility index (Phi) is 4.49. The highest BCUT2D eigenvalue weighted by atomic mass is 79.9. The Morgan fingerprint density at radius 2 is 1.88 bits per heavy atom. The van der Waals surface area contributed by atoms with Gasteiger partial charge >= 0.3 is 0 Å². The molecule has 0 radical (unpaired) electrons. The minimum absolute atomic E-state index is 0.0454. The lowest BCUT2D eigenvalue weighted by molar-refractivity contribution is 0.0827. The third kappa shape index (κ3) is 3.23. The third-order valence-electron chi connectivity index (χ3n) is 3.75. The van der Waals surface area contributed by atoms with Crippen molar-refractivity contribution in [2.75, 3.05) is 14.1 Å². The molecule has 3 aromatic rings. The summed E-state index contributed by atoms with van der Waals surface area (Å²) in [5.41, 5.74) is 2.14. The first kappa shape index (κ1) is 16.4. The van der Waals surface area contributed by atoms with Gasteiger partial charge in [-0.2, -0.15) is 0 Å². The molecule has 1 aromatic heterocycles. The van der Waals surface area contributed by atoms with E-state index < -0.39 is 0 Å². The molecule has 0 saturated carbocycles. The highest BCUT2D eigenvalue weighted by molar-refractivity contribution is 9.10. The Hall–Kier alpha value is -2.47. The van der Waals surface area contributed by atoms with Crippen LogP contribution in [0.3, 0.4) is 0 Å². The van der Waals surface area contributed by atoms with Crippen molar-refractivity contribution in [2.24, 2.45) is 0 Å². The zero-order valence-electron chi connectivity index (χ0n) is 13.4. The average Bonchev–Trinajstić information content (AvgIpc) is 2.58. The summed E-state index contributed by atoms with van der Waals surface area (Å²) < 4.78 is 2.41. The molecule has 3 rings (SSSR count). The maximum atomic E-state index is 12.6. The summed E-state index contributed by atoms with van der Waals surface area (Å²) in [6, 6.07) is 12.7. The first-order valence-corrected chi connectivity index (χ1v) is 8.20. The van der Waals surface area contributed by atoms with Crippen molar-refractivity contribution in [3.05, 3.63) is 74.7 Å². The smallest absolute Gasteiger partial charge is 0.261 e. The van der Waals surface area contributed by atoms with Crippen LogP contribution in [0, 0.1) is 0 Å². The van der Waals surface area contributed by atoms with E-state index in [1.807, 2.05) is 24.3 Å². The molecule has 0 aliphatic heterocycles. The Labute approximate surface area is 147 Å². The molecule has 0 atom stereocenters. The number of hydrogen-bond acceptors (Lipinski definition) is 3. The predicted octanol–water partition coefficient (Wildman–Crippen LogP) is 2.91. The Balaban J connectivity index is 1.91. The summed E-state index contributed by atoms with van der Waals surface area (Å²) in [5.74, 6) is -0.0454. The van der Waals surface area contributed by atoms with E-state index >= 15 is 0 Å². The number of hydrogen-bond donors (Lipinski definition) is 0. The number of carbonyl (C=O) groups is 1. The molecular weight excluding hydrogens is 370 g/mol. The predicted molar refractivity (Wildman–Crippen MR) is 97.3 cm³/mol. The van der Waals surface area contributed by atoms with Crippen LogP contribution in [0.15, 0.2) is 58.1 Å². The van der Waals surface area contributed by atoms with Gasteiger partial charge in [0.05, 0.1) is 23.8 Å². The standard InChI is InChI=1S/C18H16BrN3O2/c1-21(2)17(23)13-5-3-12(4-6-13)10-22-11-20-16-8-7-14(19)9-15(16)18(22)24/h3-9,11H,10H2,1-2H3. The van der Waals surface area contributed by atoms with E-state index in [0.717, 1.165) is 10.0 Å². The Morgan fingerprint density at radius 1 is 1.17 bits per heavy atom. The second-order valence-corrected chi connectivity index (χ2v) is 6.65. The number of halogens is 1. The van der Waals surface area contributed by atoms with E-state index in [1.54, 1.807) is 43.2 Å². The van der Waals surface area contributed by atoms with Gasteiger partial charge in [0.15, 0.2) is 0 Å². The fourth-order valence-electron chi connectivity index (χ4n) is 2.45. The Bertz CT molecular complexity index is 962. The lowest BCUT2D eigenvalue weighted by Gasteiger charge is -2.11. The fourth-order valence-corrected chi connectivity index (χ4v) is 2.81. The topological polar surface area (TPSA) is 55.2 Å². The number of benzene rings is 2. The monoisotopic (exact) mass is 385 g/mol. The second kappa shape index (κ2) is 6.57. The maximum Gasteiger partial charge on any atom is 0.261 e. The fraction of sp³-hybridized carbons (Fsp3) is 0.167. The van der Waals surface area contributed by atoms with Gasteiger partial charge < -0.3 is 4.90 Å².